The number of halogens is 1. The fourth-order valence-corrected chi connectivity index (χ4v) is 5.25. The highest BCUT2D eigenvalue weighted by molar-refractivity contribution is 6.33. The molecule has 5 rings (SSSR count). The molecule has 0 spiro atoms. The van der Waals surface area contributed by atoms with Crippen LogP contribution in [0.15, 0.2) is 36.4 Å². The Morgan fingerprint density at radius 3 is 2.59 bits per heavy atom. The van der Waals surface area contributed by atoms with E-state index in [1.807, 2.05) is 36.1 Å². The van der Waals surface area contributed by atoms with Crippen LogP contribution in [0, 0.1) is 0 Å². The molecule has 2 saturated heterocycles. The molecule has 3 N–H and O–H groups in total. The predicted octanol–water partition coefficient (Wildman–Crippen LogP) is 4.79. The molecule has 3 heterocycles. The number of H-pyrrole nitrogens is 1. The lowest BCUT2D eigenvalue weighted by Crippen LogP contribution is -2.38. The number of benzene rings is 2. The number of nitrogen functional groups attached to an aromatic ring is 1. The van der Waals surface area contributed by atoms with Gasteiger partial charge in [0.2, 0.25) is 0 Å². The van der Waals surface area contributed by atoms with E-state index < -0.39 is 0 Å². The second-order valence-corrected chi connectivity index (χ2v) is 9.60. The highest BCUT2D eigenvalue weighted by atomic mass is 35.5. The second-order valence-electron chi connectivity index (χ2n) is 9.20. The van der Waals surface area contributed by atoms with E-state index in [4.69, 9.17) is 22.1 Å². The molecule has 1 amide bonds. The summed E-state index contributed by atoms with van der Waals surface area (Å²) in [6, 6.07) is 11.9. The van der Waals surface area contributed by atoms with Gasteiger partial charge in [-0.05, 0) is 67.0 Å². The number of nitrogens with one attached hydrogen (secondary N) is 1. The average molecular weight is 480 g/mol. The molecule has 0 radical (unpaired) electrons. The highest BCUT2D eigenvalue weighted by Crippen LogP contribution is 2.33. The summed E-state index contributed by atoms with van der Waals surface area (Å²) in [6.07, 6.45) is 3.52. The molecule has 1 aromatic heterocycles. The van der Waals surface area contributed by atoms with Crippen molar-refractivity contribution in [3.05, 3.63) is 63.9 Å². The largest absolute Gasteiger partial charge is 0.399 e. The molecule has 0 aliphatic carbocycles. The number of hydrogen-bond donors (Lipinski definition) is 2. The van der Waals surface area contributed by atoms with Crippen LogP contribution in [0.2, 0.25) is 5.02 Å². The van der Waals surface area contributed by atoms with E-state index >= 15 is 0 Å². The van der Waals surface area contributed by atoms with Gasteiger partial charge in [0.1, 0.15) is 5.82 Å². The van der Waals surface area contributed by atoms with Crippen LogP contribution in [-0.4, -0.2) is 52.3 Å². The first-order valence-electron chi connectivity index (χ1n) is 12.0. The molecular formula is C26H30ClN5O2. The van der Waals surface area contributed by atoms with E-state index in [0.29, 0.717) is 34.5 Å². The predicted molar refractivity (Wildman–Crippen MR) is 133 cm³/mol. The Labute approximate surface area is 204 Å². The van der Waals surface area contributed by atoms with Crippen molar-refractivity contribution < 1.29 is 9.53 Å². The third-order valence-corrected chi connectivity index (χ3v) is 7.38. The third-order valence-electron chi connectivity index (χ3n) is 7.07. The molecule has 7 nitrogen and oxygen atoms in total. The Kier molecular flexibility index (Phi) is 6.57. The maximum absolute atomic E-state index is 13.6. The van der Waals surface area contributed by atoms with Gasteiger partial charge in [0.15, 0.2) is 5.82 Å². The van der Waals surface area contributed by atoms with E-state index in [2.05, 4.69) is 27.3 Å². The molecule has 2 aliphatic rings. The number of amides is 1. The van der Waals surface area contributed by atoms with Crippen molar-refractivity contribution in [2.24, 2.45) is 0 Å². The van der Waals surface area contributed by atoms with E-state index in [1.165, 1.54) is 5.56 Å². The first-order valence-corrected chi connectivity index (χ1v) is 12.4. The molecular weight excluding hydrogens is 450 g/mol. The highest BCUT2D eigenvalue weighted by Gasteiger charge is 2.27. The van der Waals surface area contributed by atoms with Gasteiger partial charge in [0.25, 0.3) is 5.91 Å². The summed E-state index contributed by atoms with van der Waals surface area (Å²) in [5.74, 6) is 2.11. The fourth-order valence-electron chi connectivity index (χ4n) is 4.97. The molecule has 34 heavy (non-hydrogen) atoms. The number of nitrogens with two attached hydrogens (primary N) is 1. The van der Waals surface area contributed by atoms with Gasteiger partial charge < -0.3 is 20.4 Å². The summed E-state index contributed by atoms with van der Waals surface area (Å²) >= 11 is 6.63. The third kappa shape index (κ3) is 4.55. The number of carbonyl (C=O) groups is 1. The van der Waals surface area contributed by atoms with Gasteiger partial charge in [-0.2, -0.15) is 0 Å². The van der Waals surface area contributed by atoms with Gasteiger partial charge in [0.05, 0.1) is 11.6 Å². The number of ether oxygens (including phenoxy) is 1. The van der Waals surface area contributed by atoms with E-state index in [1.54, 1.807) is 0 Å². The van der Waals surface area contributed by atoms with Crippen molar-refractivity contribution in [3.8, 4) is 11.4 Å². The molecule has 2 fully saturated rings. The molecule has 178 valence electrons. The monoisotopic (exact) mass is 479 g/mol. The minimum atomic E-state index is 0.0504. The molecule has 1 unspecified atom stereocenters. The SMILES string of the molecule is CCc1cc(Cl)c(-c2nnc(C3CCOC3)[nH]2)cc1C(=O)N1CCC(c2ccc(N)cc2)CC1. The number of piperidine rings is 1. The number of rotatable bonds is 5. The minimum Gasteiger partial charge on any atom is -0.399 e. The smallest absolute Gasteiger partial charge is 0.254 e. The molecule has 0 bridgehead atoms. The number of aryl methyl sites for hydroxylation is 1. The van der Waals surface area contributed by atoms with Crippen molar-refractivity contribution in [1.82, 2.24) is 20.1 Å². The zero-order valence-electron chi connectivity index (χ0n) is 19.4. The quantitative estimate of drug-likeness (QED) is 0.512. The second kappa shape index (κ2) is 9.76. The normalized spacial score (nSPS) is 19.0. The van der Waals surface area contributed by atoms with Gasteiger partial charge in [-0.15, -0.1) is 10.2 Å². The zero-order valence-corrected chi connectivity index (χ0v) is 20.1. The summed E-state index contributed by atoms with van der Waals surface area (Å²) < 4.78 is 5.47. The molecule has 2 aromatic carbocycles. The minimum absolute atomic E-state index is 0.0504. The van der Waals surface area contributed by atoms with Crippen LogP contribution in [0.4, 0.5) is 5.69 Å². The number of aromatic nitrogens is 3. The first kappa shape index (κ1) is 22.9. The standard InChI is InChI=1S/C26H30ClN5O2/c1-2-16-13-23(27)22(25-29-24(30-31-25)19-9-12-34-15-19)14-21(16)26(33)32-10-7-18(8-11-32)17-3-5-20(28)6-4-17/h3-6,13-14,18-19H,2,7-12,15,28H2,1H3,(H,29,30,31). The lowest BCUT2D eigenvalue weighted by molar-refractivity contribution is 0.0712. The summed E-state index contributed by atoms with van der Waals surface area (Å²) in [5, 5.41) is 9.22. The van der Waals surface area contributed by atoms with Crippen molar-refractivity contribution in [2.45, 2.75) is 44.4 Å². The van der Waals surface area contributed by atoms with E-state index in [-0.39, 0.29) is 11.8 Å². The number of hydrogen-bond acceptors (Lipinski definition) is 5. The van der Waals surface area contributed by atoms with Crippen molar-refractivity contribution in [3.63, 3.8) is 0 Å². The summed E-state index contributed by atoms with van der Waals surface area (Å²) in [6.45, 7) is 4.88. The van der Waals surface area contributed by atoms with Crippen LogP contribution in [0.1, 0.15) is 65.3 Å². The Bertz CT molecular complexity index is 1160. The lowest BCUT2D eigenvalue weighted by Gasteiger charge is -2.33. The van der Waals surface area contributed by atoms with Crippen molar-refractivity contribution in [1.29, 1.82) is 0 Å². The fraction of sp³-hybridized carbons (Fsp3) is 0.423. The van der Waals surface area contributed by atoms with Gasteiger partial charge in [-0.25, -0.2) is 0 Å². The molecule has 8 heteroatoms. The van der Waals surface area contributed by atoms with Crippen LogP contribution < -0.4 is 5.73 Å². The number of likely N-dealkylation sites (tertiary alicyclic amines) is 1. The maximum Gasteiger partial charge on any atom is 0.254 e. The number of anilines is 1. The Balaban J connectivity index is 1.35. The number of aromatic amines is 1. The Morgan fingerprint density at radius 2 is 1.91 bits per heavy atom. The van der Waals surface area contributed by atoms with Gasteiger partial charge in [-0.3, -0.25) is 4.79 Å². The lowest BCUT2D eigenvalue weighted by atomic mass is 9.89. The van der Waals surface area contributed by atoms with Crippen LogP contribution in [0.3, 0.4) is 0 Å². The number of carbonyl (C=O) groups excluding carboxylic acids is 1. The average Bonchev–Trinajstić information content (AvgIpc) is 3.56. The van der Waals surface area contributed by atoms with E-state index in [9.17, 15) is 4.79 Å². The van der Waals surface area contributed by atoms with Gasteiger partial charge >= 0.3 is 0 Å². The molecule has 3 aromatic rings. The van der Waals surface area contributed by atoms with Gasteiger partial charge in [0, 0.05) is 42.4 Å². The van der Waals surface area contributed by atoms with Crippen LogP contribution in [0.5, 0.6) is 0 Å². The summed E-state index contributed by atoms with van der Waals surface area (Å²) in [7, 11) is 0. The number of nitrogens with zero attached hydrogens (tertiary/aromatic N) is 3. The Hall–Kier alpha value is -2.90. The molecule has 1 atom stereocenters. The maximum atomic E-state index is 13.6. The summed E-state index contributed by atoms with van der Waals surface area (Å²) in [4.78, 5) is 18.8. The van der Waals surface area contributed by atoms with Crippen molar-refractivity contribution >= 4 is 23.2 Å². The zero-order chi connectivity index (χ0) is 23.7. The Morgan fingerprint density at radius 1 is 1.15 bits per heavy atom. The van der Waals surface area contributed by atoms with Crippen LogP contribution in [0.25, 0.3) is 11.4 Å². The van der Waals surface area contributed by atoms with Crippen LogP contribution >= 0.6 is 11.6 Å². The molecule has 0 saturated carbocycles. The first-order chi connectivity index (χ1) is 16.5. The van der Waals surface area contributed by atoms with Gasteiger partial charge in [-0.1, -0.05) is 30.7 Å². The molecule has 2 aliphatic heterocycles. The summed E-state index contributed by atoms with van der Waals surface area (Å²) in [5.41, 5.74) is 10.2. The van der Waals surface area contributed by atoms with Crippen molar-refractivity contribution in [2.75, 3.05) is 32.0 Å². The van der Waals surface area contributed by atoms with E-state index in [0.717, 1.165) is 62.5 Å². The van der Waals surface area contributed by atoms with Crippen LogP contribution in [-0.2, 0) is 11.2 Å². The topological polar surface area (TPSA) is 97.1 Å².